The molecule has 4 nitrogen and oxygen atoms in total. The summed E-state index contributed by atoms with van der Waals surface area (Å²) in [5.41, 5.74) is 5.26. The highest BCUT2D eigenvalue weighted by Gasteiger charge is 2.20. The van der Waals surface area contributed by atoms with Crippen LogP contribution in [-0.2, 0) is 10.0 Å². The third-order valence-electron chi connectivity index (χ3n) is 4.26. The highest BCUT2D eigenvalue weighted by atomic mass is 32.2. The van der Waals surface area contributed by atoms with Gasteiger partial charge in [-0.25, -0.2) is 17.5 Å². The highest BCUT2D eigenvalue weighted by molar-refractivity contribution is 7.89. The molecule has 0 bridgehead atoms. The van der Waals surface area contributed by atoms with E-state index in [0.29, 0.717) is 12.5 Å². The molecular formula is C15H23FN2O2S. The van der Waals surface area contributed by atoms with E-state index in [1.54, 1.807) is 0 Å². The van der Waals surface area contributed by atoms with Crippen molar-refractivity contribution in [1.82, 2.24) is 4.72 Å². The maximum absolute atomic E-state index is 13.1. The number of halogens is 1. The van der Waals surface area contributed by atoms with E-state index in [4.69, 9.17) is 5.73 Å². The van der Waals surface area contributed by atoms with Crippen LogP contribution in [-0.4, -0.2) is 15.0 Å². The molecule has 0 radical (unpaired) electrons. The van der Waals surface area contributed by atoms with E-state index in [-0.39, 0.29) is 10.6 Å². The van der Waals surface area contributed by atoms with Crippen molar-refractivity contribution in [3.05, 3.63) is 24.0 Å². The fourth-order valence-corrected chi connectivity index (χ4v) is 3.87. The van der Waals surface area contributed by atoms with Gasteiger partial charge in [-0.15, -0.1) is 0 Å². The number of nitrogens with one attached hydrogen (secondary N) is 1. The molecule has 0 aliphatic heterocycles. The number of nitrogens with two attached hydrogens (primary N) is 1. The van der Waals surface area contributed by atoms with Gasteiger partial charge in [-0.3, -0.25) is 0 Å². The Labute approximate surface area is 126 Å². The fourth-order valence-electron chi connectivity index (χ4n) is 2.79. The van der Waals surface area contributed by atoms with Gasteiger partial charge in [0.25, 0.3) is 0 Å². The first-order chi connectivity index (χ1) is 9.88. The van der Waals surface area contributed by atoms with Crippen molar-refractivity contribution < 1.29 is 12.8 Å². The molecule has 1 fully saturated rings. The molecule has 0 heterocycles. The Morgan fingerprint density at radius 3 is 2.57 bits per heavy atom. The molecule has 1 aliphatic rings. The average molecular weight is 314 g/mol. The van der Waals surface area contributed by atoms with Gasteiger partial charge in [-0.2, -0.15) is 0 Å². The smallest absolute Gasteiger partial charge is 0.240 e. The molecule has 21 heavy (non-hydrogen) atoms. The van der Waals surface area contributed by atoms with E-state index < -0.39 is 15.8 Å². The normalized spacial score (nSPS) is 23.1. The van der Waals surface area contributed by atoms with Crippen LogP contribution in [0.2, 0.25) is 0 Å². The minimum Gasteiger partial charge on any atom is -0.396 e. The van der Waals surface area contributed by atoms with Crippen molar-refractivity contribution in [1.29, 1.82) is 0 Å². The first-order valence-electron chi connectivity index (χ1n) is 7.43. The van der Waals surface area contributed by atoms with Crippen molar-refractivity contribution in [3.63, 3.8) is 0 Å². The maximum atomic E-state index is 13.1. The van der Waals surface area contributed by atoms with Crippen LogP contribution in [0.4, 0.5) is 10.1 Å². The van der Waals surface area contributed by atoms with Crippen LogP contribution in [0.1, 0.15) is 39.0 Å². The predicted molar refractivity (Wildman–Crippen MR) is 81.7 cm³/mol. The van der Waals surface area contributed by atoms with Crippen LogP contribution in [0, 0.1) is 17.7 Å². The molecule has 1 aromatic rings. The summed E-state index contributed by atoms with van der Waals surface area (Å²) >= 11 is 0. The van der Waals surface area contributed by atoms with Gasteiger partial charge in [0.05, 0.1) is 10.6 Å². The van der Waals surface area contributed by atoms with E-state index in [0.717, 1.165) is 24.5 Å². The van der Waals surface area contributed by atoms with E-state index in [1.165, 1.54) is 31.7 Å². The molecule has 1 aromatic carbocycles. The minimum absolute atomic E-state index is 0.0127. The summed E-state index contributed by atoms with van der Waals surface area (Å²) in [6.07, 6.45) is 5.65. The van der Waals surface area contributed by atoms with Gasteiger partial charge in [-0.1, -0.05) is 32.6 Å². The summed E-state index contributed by atoms with van der Waals surface area (Å²) in [6, 6.07) is 3.46. The Bertz CT molecular complexity index is 581. The number of hydrogen-bond acceptors (Lipinski definition) is 3. The van der Waals surface area contributed by atoms with Crippen LogP contribution in [0.15, 0.2) is 23.1 Å². The summed E-state index contributed by atoms with van der Waals surface area (Å²) in [5, 5.41) is 0. The van der Waals surface area contributed by atoms with Gasteiger partial charge in [-0.05, 0) is 36.5 Å². The lowest BCUT2D eigenvalue weighted by molar-refractivity contribution is 0.278. The van der Waals surface area contributed by atoms with Crippen molar-refractivity contribution in [2.45, 2.75) is 43.9 Å². The summed E-state index contributed by atoms with van der Waals surface area (Å²) in [6.45, 7) is 2.68. The minimum atomic E-state index is -3.61. The lowest BCUT2D eigenvalue weighted by Gasteiger charge is -2.26. The molecule has 2 rings (SSSR count). The Morgan fingerprint density at radius 1 is 1.29 bits per heavy atom. The molecule has 0 aromatic heterocycles. The molecule has 0 saturated heterocycles. The molecular weight excluding hydrogens is 291 g/mol. The Balaban J connectivity index is 1.88. The van der Waals surface area contributed by atoms with Crippen molar-refractivity contribution >= 4 is 15.7 Å². The first-order valence-corrected chi connectivity index (χ1v) is 8.91. The summed E-state index contributed by atoms with van der Waals surface area (Å²) in [7, 11) is -3.61. The van der Waals surface area contributed by atoms with Crippen molar-refractivity contribution in [2.24, 2.45) is 11.8 Å². The Hall–Kier alpha value is -1.14. The summed E-state index contributed by atoms with van der Waals surface area (Å²) in [4.78, 5) is 0.0127. The molecule has 118 valence electrons. The summed E-state index contributed by atoms with van der Waals surface area (Å²) < 4.78 is 39.8. The van der Waals surface area contributed by atoms with Gasteiger partial charge >= 0.3 is 0 Å². The molecule has 0 unspecified atom stereocenters. The number of rotatable bonds is 5. The number of benzene rings is 1. The zero-order valence-corrected chi connectivity index (χ0v) is 13.1. The molecule has 1 aliphatic carbocycles. The lowest BCUT2D eigenvalue weighted by Crippen LogP contribution is -2.27. The first kappa shape index (κ1) is 16.2. The van der Waals surface area contributed by atoms with Gasteiger partial charge in [0.1, 0.15) is 5.82 Å². The van der Waals surface area contributed by atoms with Gasteiger partial charge in [0, 0.05) is 6.54 Å². The topological polar surface area (TPSA) is 72.2 Å². The SMILES string of the molecule is CC1CCC(CCNS(=O)(=O)c2ccc(F)c(N)c2)CC1. The van der Waals surface area contributed by atoms with Crippen LogP contribution in [0.5, 0.6) is 0 Å². The van der Waals surface area contributed by atoms with Gasteiger partial charge in [0.2, 0.25) is 10.0 Å². The number of nitrogen functional groups attached to an aromatic ring is 1. The van der Waals surface area contributed by atoms with E-state index in [9.17, 15) is 12.8 Å². The van der Waals surface area contributed by atoms with E-state index >= 15 is 0 Å². The van der Waals surface area contributed by atoms with Crippen LogP contribution < -0.4 is 10.5 Å². The number of sulfonamides is 1. The van der Waals surface area contributed by atoms with Gasteiger partial charge < -0.3 is 5.73 Å². The molecule has 0 amide bonds. The quantitative estimate of drug-likeness (QED) is 0.821. The lowest BCUT2D eigenvalue weighted by atomic mass is 9.81. The predicted octanol–water partition coefficient (Wildman–Crippen LogP) is 2.90. The van der Waals surface area contributed by atoms with Crippen molar-refractivity contribution in [2.75, 3.05) is 12.3 Å². The molecule has 6 heteroatoms. The van der Waals surface area contributed by atoms with Gasteiger partial charge in [0.15, 0.2) is 0 Å². The maximum Gasteiger partial charge on any atom is 0.240 e. The highest BCUT2D eigenvalue weighted by Crippen LogP contribution is 2.30. The fraction of sp³-hybridized carbons (Fsp3) is 0.600. The van der Waals surface area contributed by atoms with Crippen LogP contribution in [0.25, 0.3) is 0 Å². The van der Waals surface area contributed by atoms with Crippen LogP contribution in [0.3, 0.4) is 0 Å². The zero-order chi connectivity index (χ0) is 15.5. The molecule has 1 saturated carbocycles. The van der Waals surface area contributed by atoms with E-state index in [2.05, 4.69) is 11.6 Å². The second kappa shape index (κ2) is 6.75. The molecule has 3 N–H and O–H groups in total. The zero-order valence-electron chi connectivity index (χ0n) is 12.3. The third-order valence-corrected chi connectivity index (χ3v) is 5.72. The molecule has 0 atom stereocenters. The van der Waals surface area contributed by atoms with Crippen molar-refractivity contribution in [3.8, 4) is 0 Å². The number of hydrogen-bond donors (Lipinski definition) is 2. The van der Waals surface area contributed by atoms with Crippen LogP contribution >= 0.6 is 0 Å². The third kappa shape index (κ3) is 4.41. The molecule has 0 spiro atoms. The largest absolute Gasteiger partial charge is 0.396 e. The number of anilines is 1. The Morgan fingerprint density at radius 2 is 1.95 bits per heavy atom. The Kier molecular flexibility index (Phi) is 5.22. The average Bonchev–Trinajstić information content (AvgIpc) is 2.44. The second-order valence-electron chi connectivity index (χ2n) is 6.00. The second-order valence-corrected chi connectivity index (χ2v) is 7.76. The van der Waals surface area contributed by atoms with E-state index in [1.807, 2.05) is 0 Å². The standard InChI is InChI=1S/C15H23FN2O2S/c1-11-2-4-12(5-3-11)8-9-18-21(19,20)13-6-7-14(16)15(17)10-13/h6-7,10-12,18H,2-5,8-9,17H2,1H3. The monoisotopic (exact) mass is 314 g/mol. The summed E-state index contributed by atoms with van der Waals surface area (Å²) in [5.74, 6) is 0.785.